The standard InChI is InChI=1S/C14H13BrO4S2/c1-2-9-3-5-11(7-12(9)14(16)17)21(18,19)8-10-4-6-13(15)20-10/h3-7H,2,8H2,1H3,(H,16,17). The molecule has 0 fully saturated rings. The molecule has 1 aromatic carbocycles. The zero-order valence-electron chi connectivity index (χ0n) is 11.2. The first-order valence-electron chi connectivity index (χ1n) is 6.16. The highest BCUT2D eigenvalue weighted by Gasteiger charge is 2.20. The minimum absolute atomic E-state index is 0.0432. The van der Waals surface area contributed by atoms with E-state index in [4.69, 9.17) is 0 Å². The van der Waals surface area contributed by atoms with Crippen LogP contribution in [-0.2, 0) is 22.0 Å². The molecule has 0 atom stereocenters. The van der Waals surface area contributed by atoms with Crippen LogP contribution in [0.1, 0.15) is 27.7 Å². The van der Waals surface area contributed by atoms with E-state index in [9.17, 15) is 18.3 Å². The van der Waals surface area contributed by atoms with E-state index < -0.39 is 15.8 Å². The van der Waals surface area contributed by atoms with Crippen LogP contribution in [0.2, 0.25) is 0 Å². The lowest BCUT2D eigenvalue weighted by Crippen LogP contribution is -2.08. The number of aryl methyl sites for hydroxylation is 1. The summed E-state index contributed by atoms with van der Waals surface area (Å²) in [6, 6.07) is 7.83. The Morgan fingerprint density at radius 1 is 1.29 bits per heavy atom. The third kappa shape index (κ3) is 3.72. The predicted molar refractivity (Wildman–Crippen MR) is 85.7 cm³/mol. The highest BCUT2D eigenvalue weighted by Crippen LogP contribution is 2.27. The molecule has 112 valence electrons. The highest BCUT2D eigenvalue weighted by molar-refractivity contribution is 9.11. The number of carbonyl (C=O) groups is 1. The van der Waals surface area contributed by atoms with Gasteiger partial charge in [-0.1, -0.05) is 13.0 Å². The van der Waals surface area contributed by atoms with Crippen molar-refractivity contribution in [3.63, 3.8) is 0 Å². The minimum Gasteiger partial charge on any atom is -0.478 e. The number of sulfone groups is 1. The predicted octanol–water partition coefficient (Wildman–Crippen LogP) is 3.75. The Labute approximate surface area is 135 Å². The average Bonchev–Trinajstić information content (AvgIpc) is 2.82. The van der Waals surface area contributed by atoms with Crippen LogP contribution in [0.4, 0.5) is 0 Å². The van der Waals surface area contributed by atoms with Gasteiger partial charge in [-0.15, -0.1) is 11.3 Å². The Hall–Kier alpha value is -1.18. The summed E-state index contributed by atoms with van der Waals surface area (Å²) in [5, 5.41) is 9.18. The van der Waals surface area contributed by atoms with Crippen LogP contribution in [0, 0.1) is 0 Å². The SMILES string of the molecule is CCc1ccc(S(=O)(=O)Cc2ccc(Br)s2)cc1C(=O)O. The maximum atomic E-state index is 12.4. The summed E-state index contributed by atoms with van der Waals surface area (Å²) in [6.07, 6.45) is 0.542. The second kappa shape index (κ2) is 6.29. The summed E-state index contributed by atoms with van der Waals surface area (Å²) in [5.74, 6) is -1.24. The lowest BCUT2D eigenvalue weighted by Gasteiger charge is -2.08. The molecule has 0 unspecified atom stereocenters. The third-order valence-corrected chi connectivity index (χ3v) is 6.48. The average molecular weight is 389 g/mol. The molecule has 4 nitrogen and oxygen atoms in total. The number of rotatable bonds is 5. The summed E-state index contributed by atoms with van der Waals surface area (Å²) in [4.78, 5) is 12.0. The lowest BCUT2D eigenvalue weighted by molar-refractivity contribution is 0.0695. The highest BCUT2D eigenvalue weighted by atomic mass is 79.9. The van der Waals surface area contributed by atoms with Crippen LogP contribution in [-0.4, -0.2) is 19.5 Å². The fourth-order valence-electron chi connectivity index (χ4n) is 1.96. The molecular weight excluding hydrogens is 376 g/mol. The molecule has 2 aromatic rings. The van der Waals surface area contributed by atoms with Crippen LogP contribution in [0.5, 0.6) is 0 Å². The molecule has 1 aromatic heterocycles. The number of hydrogen-bond acceptors (Lipinski definition) is 4. The van der Waals surface area contributed by atoms with Crippen LogP contribution < -0.4 is 0 Å². The molecule has 0 radical (unpaired) electrons. The van der Waals surface area contributed by atoms with E-state index in [0.29, 0.717) is 16.9 Å². The van der Waals surface area contributed by atoms with E-state index in [1.54, 1.807) is 18.2 Å². The van der Waals surface area contributed by atoms with Crippen LogP contribution in [0.25, 0.3) is 0 Å². The van der Waals surface area contributed by atoms with Crippen molar-refractivity contribution in [1.29, 1.82) is 0 Å². The molecule has 0 saturated heterocycles. The van der Waals surface area contributed by atoms with Crippen molar-refractivity contribution in [2.45, 2.75) is 24.0 Å². The molecule has 0 spiro atoms. The van der Waals surface area contributed by atoms with E-state index >= 15 is 0 Å². The summed E-state index contributed by atoms with van der Waals surface area (Å²) >= 11 is 4.64. The number of carboxylic acids is 1. The van der Waals surface area contributed by atoms with Gasteiger partial charge in [0.2, 0.25) is 0 Å². The van der Waals surface area contributed by atoms with Gasteiger partial charge in [0.1, 0.15) is 0 Å². The Morgan fingerprint density at radius 3 is 2.52 bits per heavy atom. The fraction of sp³-hybridized carbons (Fsp3) is 0.214. The molecule has 0 amide bonds. The van der Waals surface area contributed by atoms with E-state index in [0.717, 1.165) is 3.79 Å². The number of thiophene rings is 1. The van der Waals surface area contributed by atoms with Gasteiger partial charge < -0.3 is 5.11 Å². The van der Waals surface area contributed by atoms with Crippen molar-refractivity contribution in [2.24, 2.45) is 0 Å². The Kier molecular flexibility index (Phi) is 4.85. The van der Waals surface area contributed by atoms with Gasteiger partial charge in [0.25, 0.3) is 0 Å². The molecule has 2 rings (SSSR count). The Bertz CT molecular complexity index is 778. The van der Waals surface area contributed by atoms with Crippen LogP contribution >= 0.6 is 27.3 Å². The molecule has 1 heterocycles. The normalized spacial score (nSPS) is 11.5. The third-order valence-electron chi connectivity index (χ3n) is 3.01. The second-order valence-electron chi connectivity index (χ2n) is 4.44. The van der Waals surface area contributed by atoms with Gasteiger partial charge in [-0.25, -0.2) is 13.2 Å². The van der Waals surface area contributed by atoms with Crippen molar-refractivity contribution in [3.05, 3.63) is 50.1 Å². The molecule has 21 heavy (non-hydrogen) atoms. The van der Waals surface area contributed by atoms with Gasteiger partial charge in [-0.2, -0.15) is 0 Å². The second-order valence-corrected chi connectivity index (χ2v) is 8.98. The van der Waals surface area contributed by atoms with Gasteiger partial charge in [-0.3, -0.25) is 0 Å². The maximum Gasteiger partial charge on any atom is 0.336 e. The van der Waals surface area contributed by atoms with E-state index in [2.05, 4.69) is 15.9 Å². The van der Waals surface area contributed by atoms with Gasteiger partial charge in [0, 0.05) is 4.88 Å². The Balaban J connectivity index is 2.40. The van der Waals surface area contributed by atoms with Crippen molar-refractivity contribution in [2.75, 3.05) is 0 Å². The summed E-state index contributed by atoms with van der Waals surface area (Å²) in [5.41, 5.74) is 0.672. The van der Waals surface area contributed by atoms with Crippen molar-refractivity contribution in [1.82, 2.24) is 0 Å². The number of carboxylic acid groups (broad SMARTS) is 1. The molecular formula is C14H13BrO4S2. The smallest absolute Gasteiger partial charge is 0.336 e. The summed E-state index contributed by atoms with van der Waals surface area (Å²) in [7, 11) is -3.55. The Morgan fingerprint density at radius 2 is 2.00 bits per heavy atom. The molecule has 7 heteroatoms. The number of benzene rings is 1. The first-order valence-corrected chi connectivity index (χ1v) is 9.43. The van der Waals surface area contributed by atoms with Gasteiger partial charge in [0.05, 0.1) is 20.0 Å². The molecule has 1 N–H and O–H groups in total. The summed E-state index contributed by atoms with van der Waals surface area (Å²) < 4.78 is 25.6. The lowest BCUT2D eigenvalue weighted by atomic mass is 10.1. The van der Waals surface area contributed by atoms with Crippen molar-refractivity contribution >= 4 is 43.1 Å². The number of aromatic carboxylic acids is 1. The van der Waals surface area contributed by atoms with E-state index in [1.165, 1.54) is 23.5 Å². The first-order chi connectivity index (χ1) is 9.83. The minimum atomic E-state index is -3.55. The van der Waals surface area contributed by atoms with Gasteiger partial charge in [-0.05, 0) is 52.2 Å². The molecule has 0 bridgehead atoms. The quantitative estimate of drug-likeness (QED) is 0.846. The largest absolute Gasteiger partial charge is 0.478 e. The first kappa shape index (κ1) is 16.2. The number of hydrogen-bond donors (Lipinski definition) is 1. The maximum absolute atomic E-state index is 12.4. The zero-order chi connectivity index (χ0) is 15.6. The molecule has 0 aliphatic rings. The van der Waals surface area contributed by atoms with E-state index in [1.807, 2.05) is 6.92 Å². The van der Waals surface area contributed by atoms with Crippen LogP contribution in [0.3, 0.4) is 0 Å². The van der Waals surface area contributed by atoms with E-state index in [-0.39, 0.29) is 16.2 Å². The summed E-state index contributed by atoms with van der Waals surface area (Å²) in [6.45, 7) is 1.83. The van der Waals surface area contributed by atoms with Crippen LogP contribution in [0.15, 0.2) is 39.0 Å². The van der Waals surface area contributed by atoms with Gasteiger partial charge in [0.15, 0.2) is 9.84 Å². The fourth-order valence-corrected chi connectivity index (χ4v) is 5.15. The zero-order valence-corrected chi connectivity index (χ0v) is 14.4. The van der Waals surface area contributed by atoms with Crippen molar-refractivity contribution < 1.29 is 18.3 Å². The number of halogens is 1. The van der Waals surface area contributed by atoms with Gasteiger partial charge >= 0.3 is 5.97 Å². The molecule has 0 aliphatic carbocycles. The molecule has 0 saturated carbocycles. The van der Waals surface area contributed by atoms with Crippen molar-refractivity contribution in [3.8, 4) is 0 Å². The molecule has 0 aliphatic heterocycles. The monoisotopic (exact) mass is 388 g/mol. The topological polar surface area (TPSA) is 71.4 Å².